The van der Waals surface area contributed by atoms with Crippen molar-refractivity contribution in [3.05, 3.63) is 93.8 Å². The zero-order chi connectivity index (χ0) is 24.5. The highest BCUT2D eigenvalue weighted by molar-refractivity contribution is 6.32. The first-order valence-electron chi connectivity index (χ1n) is 10.2. The van der Waals surface area contributed by atoms with Crippen LogP contribution in [-0.4, -0.2) is 20.1 Å². The van der Waals surface area contributed by atoms with Crippen LogP contribution in [0.4, 0.5) is 4.39 Å². The van der Waals surface area contributed by atoms with Gasteiger partial charge in [-0.1, -0.05) is 29.8 Å². The van der Waals surface area contributed by atoms with Gasteiger partial charge in [0.2, 0.25) is 0 Å². The molecule has 0 bridgehead atoms. The fourth-order valence-corrected chi connectivity index (χ4v) is 3.29. The van der Waals surface area contributed by atoms with Crippen LogP contribution in [0.2, 0.25) is 5.02 Å². The van der Waals surface area contributed by atoms with Crippen molar-refractivity contribution in [2.75, 3.05) is 14.2 Å². The average Bonchev–Trinajstić information content (AvgIpc) is 2.86. The molecule has 0 spiro atoms. The minimum atomic E-state index is -0.534. The molecule has 6 nitrogen and oxygen atoms in total. The van der Waals surface area contributed by atoms with Crippen molar-refractivity contribution in [3.8, 4) is 23.3 Å². The van der Waals surface area contributed by atoms with E-state index in [2.05, 4.69) is 5.32 Å². The minimum Gasteiger partial charge on any atom is -0.497 e. The molecule has 0 unspecified atom stereocenters. The van der Waals surface area contributed by atoms with Gasteiger partial charge in [0.05, 0.1) is 19.2 Å². The fraction of sp³-hybridized carbons (Fsp3) is 0.154. The van der Waals surface area contributed by atoms with Crippen LogP contribution >= 0.6 is 11.6 Å². The monoisotopic (exact) mass is 480 g/mol. The van der Waals surface area contributed by atoms with Gasteiger partial charge in [-0.25, -0.2) is 4.39 Å². The Balaban J connectivity index is 1.66. The molecule has 34 heavy (non-hydrogen) atoms. The summed E-state index contributed by atoms with van der Waals surface area (Å²) >= 11 is 6.30. The molecule has 1 amide bonds. The highest BCUT2D eigenvalue weighted by atomic mass is 35.5. The molecule has 0 aliphatic carbocycles. The third kappa shape index (κ3) is 6.50. The predicted molar refractivity (Wildman–Crippen MR) is 127 cm³/mol. The van der Waals surface area contributed by atoms with Crippen LogP contribution in [0.25, 0.3) is 6.08 Å². The van der Waals surface area contributed by atoms with Crippen LogP contribution in [-0.2, 0) is 17.9 Å². The van der Waals surface area contributed by atoms with Crippen molar-refractivity contribution >= 4 is 23.6 Å². The molecular formula is C26H22ClFN2O4. The van der Waals surface area contributed by atoms with Gasteiger partial charge in [-0.2, -0.15) is 5.26 Å². The Morgan fingerprint density at radius 1 is 1.06 bits per heavy atom. The van der Waals surface area contributed by atoms with E-state index < -0.39 is 5.91 Å². The maximum Gasteiger partial charge on any atom is 0.262 e. The van der Waals surface area contributed by atoms with Gasteiger partial charge < -0.3 is 19.5 Å². The molecule has 0 radical (unpaired) electrons. The SMILES string of the molecule is COc1ccc(CNC(=O)/C(C#N)=C/c2ccc(OCc3ccc(F)cc3)c(Cl)c2)c(OC)c1. The van der Waals surface area contributed by atoms with E-state index in [-0.39, 0.29) is 24.5 Å². The van der Waals surface area contributed by atoms with Crippen molar-refractivity contribution in [2.24, 2.45) is 0 Å². The van der Waals surface area contributed by atoms with Crippen LogP contribution in [0.3, 0.4) is 0 Å². The van der Waals surface area contributed by atoms with E-state index in [0.717, 1.165) is 11.1 Å². The number of hydrogen-bond acceptors (Lipinski definition) is 5. The minimum absolute atomic E-state index is 0.0801. The van der Waals surface area contributed by atoms with Crippen molar-refractivity contribution < 1.29 is 23.4 Å². The summed E-state index contributed by atoms with van der Waals surface area (Å²) in [5.74, 6) is 0.765. The van der Waals surface area contributed by atoms with Gasteiger partial charge >= 0.3 is 0 Å². The lowest BCUT2D eigenvalue weighted by molar-refractivity contribution is -0.117. The number of amides is 1. The Morgan fingerprint density at radius 2 is 1.82 bits per heavy atom. The highest BCUT2D eigenvalue weighted by Gasteiger charge is 2.12. The summed E-state index contributed by atoms with van der Waals surface area (Å²) in [7, 11) is 3.08. The molecule has 8 heteroatoms. The molecule has 174 valence electrons. The number of carbonyl (C=O) groups is 1. The number of ether oxygens (including phenoxy) is 3. The topological polar surface area (TPSA) is 80.6 Å². The lowest BCUT2D eigenvalue weighted by Crippen LogP contribution is -2.24. The Kier molecular flexibility index (Phi) is 8.49. The van der Waals surface area contributed by atoms with Crippen molar-refractivity contribution in [1.82, 2.24) is 5.32 Å². The molecule has 3 aromatic rings. The van der Waals surface area contributed by atoms with Crippen LogP contribution in [0, 0.1) is 17.1 Å². The van der Waals surface area contributed by atoms with Gasteiger partial charge in [0.25, 0.3) is 5.91 Å². The fourth-order valence-electron chi connectivity index (χ4n) is 3.05. The van der Waals surface area contributed by atoms with Crippen molar-refractivity contribution in [2.45, 2.75) is 13.2 Å². The Labute approximate surface area is 202 Å². The van der Waals surface area contributed by atoms with Crippen LogP contribution in [0.1, 0.15) is 16.7 Å². The normalized spacial score (nSPS) is 10.9. The van der Waals surface area contributed by atoms with E-state index in [1.807, 2.05) is 6.07 Å². The third-order valence-electron chi connectivity index (χ3n) is 4.87. The van der Waals surface area contributed by atoms with E-state index >= 15 is 0 Å². The molecule has 0 aromatic heterocycles. The van der Waals surface area contributed by atoms with E-state index in [0.29, 0.717) is 27.8 Å². The summed E-state index contributed by atoms with van der Waals surface area (Å²) in [6, 6.07) is 18.0. The molecule has 0 saturated carbocycles. The van der Waals surface area contributed by atoms with E-state index in [9.17, 15) is 14.4 Å². The molecule has 3 rings (SSSR count). The van der Waals surface area contributed by atoms with E-state index in [1.54, 1.807) is 55.6 Å². The van der Waals surface area contributed by atoms with E-state index in [1.165, 1.54) is 25.3 Å². The Bertz CT molecular complexity index is 1240. The summed E-state index contributed by atoms with van der Waals surface area (Å²) in [5, 5.41) is 12.5. The predicted octanol–water partition coefficient (Wildman–Crippen LogP) is 5.30. The lowest BCUT2D eigenvalue weighted by Gasteiger charge is -2.11. The van der Waals surface area contributed by atoms with E-state index in [4.69, 9.17) is 25.8 Å². The molecule has 0 saturated heterocycles. The number of benzene rings is 3. The molecule has 0 atom stereocenters. The standard InChI is InChI=1S/C26H22ClFN2O4/c1-32-22-9-6-19(25(13-22)33-2)15-30-26(31)20(14-29)11-18-5-10-24(23(27)12-18)34-16-17-3-7-21(28)8-4-17/h3-13H,15-16H2,1-2H3,(H,30,31)/b20-11+. The van der Waals surface area contributed by atoms with Crippen LogP contribution in [0.15, 0.2) is 66.2 Å². The number of halogens is 2. The molecule has 3 aromatic carbocycles. The van der Waals surface area contributed by atoms with Gasteiger partial charge in [-0.15, -0.1) is 0 Å². The molecule has 1 N–H and O–H groups in total. The van der Waals surface area contributed by atoms with Crippen molar-refractivity contribution in [1.29, 1.82) is 5.26 Å². The lowest BCUT2D eigenvalue weighted by atomic mass is 10.1. The highest BCUT2D eigenvalue weighted by Crippen LogP contribution is 2.28. The zero-order valence-corrected chi connectivity index (χ0v) is 19.4. The second-order valence-corrected chi connectivity index (χ2v) is 7.54. The number of hydrogen-bond donors (Lipinski definition) is 1. The summed E-state index contributed by atoms with van der Waals surface area (Å²) in [6.45, 7) is 0.387. The second kappa shape index (κ2) is 11.7. The number of nitriles is 1. The second-order valence-electron chi connectivity index (χ2n) is 7.14. The summed E-state index contributed by atoms with van der Waals surface area (Å²) in [5.41, 5.74) is 2.01. The maximum atomic E-state index is 13.0. The summed E-state index contributed by atoms with van der Waals surface area (Å²) in [4.78, 5) is 12.6. The summed E-state index contributed by atoms with van der Waals surface area (Å²) < 4.78 is 29.2. The zero-order valence-electron chi connectivity index (χ0n) is 18.6. The van der Waals surface area contributed by atoms with Crippen LogP contribution in [0.5, 0.6) is 17.2 Å². The van der Waals surface area contributed by atoms with Crippen molar-refractivity contribution in [3.63, 3.8) is 0 Å². The van der Waals surface area contributed by atoms with Gasteiger partial charge in [0.15, 0.2) is 0 Å². The Morgan fingerprint density at radius 3 is 2.47 bits per heavy atom. The maximum absolute atomic E-state index is 13.0. The molecule has 0 aliphatic heterocycles. The number of nitrogens with zero attached hydrogens (tertiary/aromatic N) is 1. The third-order valence-corrected chi connectivity index (χ3v) is 5.17. The smallest absolute Gasteiger partial charge is 0.262 e. The largest absolute Gasteiger partial charge is 0.497 e. The first kappa shape index (κ1) is 24.6. The number of methoxy groups -OCH3 is 2. The summed E-state index contributed by atoms with van der Waals surface area (Å²) in [6.07, 6.45) is 1.44. The first-order chi connectivity index (χ1) is 16.4. The van der Waals surface area contributed by atoms with Gasteiger partial charge in [0, 0.05) is 18.2 Å². The van der Waals surface area contributed by atoms with Gasteiger partial charge in [-0.05, 0) is 53.6 Å². The Hall–Kier alpha value is -4.02. The van der Waals surface area contributed by atoms with Gasteiger partial charge in [-0.3, -0.25) is 4.79 Å². The molecule has 0 aliphatic rings. The number of nitrogens with one attached hydrogen (secondary N) is 1. The molecular weight excluding hydrogens is 459 g/mol. The molecule has 0 heterocycles. The number of carbonyl (C=O) groups excluding carboxylic acids is 1. The number of rotatable bonds is 9. The first-order valence-corrected chi connectivity index (χ1v) is 10.6. The quantitative estimate of drug-likeness (QED) is 0.332. The molecule has 0 fully saturated rings. The van der Waals surface area contributed by atoms with Gasteiger partial charge in [0.1, 0.15) is 41.3 Å². The average molecular weight is 481 g/mol. The van der Waals surface area contributed by atoms with Crippen LogP contribution < -0.4 is 19.5 Å².